The number of rotatable bonds is 4. The van der Waals surface area contributed by atoms with Gasteiger partial charge in [-0.15, -0.1) is 11.8 Å². The van der Waals surface area contributed by atoms with Gasteiger partial charge in [0.15, 0.2) is 0 Å². The highest BCUT2D eigenvalue weighted by molar-refractivity contribution is 7.99. The maximum absolute atomic E-state index is 12.4. The minimum atomic E-state index is -0.410. The van der Waals surface area contributed by atoms with E-state index in [2.05, 4.69) is 10.6 Å². The van der Waals surface area contributed by atoms with Crippen LogP contribution in [0.5, 0.6) is 0 Å². The van der Waals surface area contributed by atoms with Crippen molar-refractivity contribution < 1.29 is 14.4 Å². The van der Waals surface area contributed by atoms with Gasteiger partial charge in [-0.2, -0.15) is 0 Å². The first-order valence-corrected chi connectivity index (χ1v) is 8.77. The van der Waals surface area contributed by atoms with Crippen molar-refractivity contribution in [2.24, 2.45) is 5.92 Å². The van der Waals surface area contributed by atoms with Crippen LogP contribution in [0, 0.1) is 5.92 Å². The molecule has 0 aromatic heterocycles. The summed E-state index contributed by atoms with van der Waals surface area (Å²) in [5.41, 5.74) is 1.16. The van der Waals surface area contributed by atoms with Gasteiger partial charge in [-0.05, 0) is 37.1 Å². The van der Waals surface area contributed by atoms with E-state index in [0.717, 1.165) is 12.8 Å². The first-order valence-electron chi connectivity index (χ1n) is 7.61. The zero-order valence-corrected chi connectivity index (χ0v) is 13.7. The maximum atomic E-state index is 12.4. The monoisotopic (exact) mass is 333 g/mol. The van der Waals surface area contributed by atoms with Gasteiger partial charge in [0.05, 0.1) is 5.88 Å². The van der Waals surface area contributed by atoms with Crippen LogP contribution in [0.1, 0.15) is 23.2 Å². The highest BCUT2D eigenvalue weighted by Crippen LogP contribution is 2.34. The third-order valence-electron chi connectivity index (χ3n) is 4.04. The van der Waals surface area contributed by atoms with Crippen LogP contribution in [0.25, 0.3) is 0 Å². The highest BCUT2D eigenvalue weighted by atomic mass is 32.2. The summed E-state index contributed by atoms with van der Waals surface area (Å²) in [6, 6.07) is 6.29. The number of carbonyl (C=O) groups excluding carboxylic acids is 3. The van der Waals surface area contributed by atoms with Gasteiger partial charge in [0.1, 0.15) is 6.04 Å². The topological polar surface area (TPSA) is 78.5 Å². The predicted octanol–water partition coefficient (Wildman–Crippen LogP) is 1.30. The van der Waals surface area contributed by atoms with Crippen LogP contribution in [0.3, 0.4) is 0 Å². The van der Waals surface area contributed by atoms with E-state index in [0.29, 0.717) is 22.9 Å². The Morgan fingerprint density at radius 2 is 1.87 bits per heavy atom. The molecule has 1 aromatic rings. The van der Waals surface area contributed by atoms with Gasteiger partial charge in [-0.3, -0.25) is 14.4 Å². The van der Waals surface area contributed by atoms with Crippen LogP contribution in [-0.2, 0) is 9.59 Å². The Morgan fingerprint density at radius 1 is 1.17 bits per heavy atom. The lowest BCUT2D eigenvalue weighted by molar-refractivity contribution is -0.137. The second kappa shape index (κ2) is 6.62. The molecular formula is C16H19N3O3S. The minimum absolute atomic E-state index is 0.102. The number of nitrogens with one attached hydrogen (secondary N) is 2. The number of thioether (sulfide) groups is 1. The van der Waals surface area contributed by atoms with Gasteiger partial charge in [-0.25, -0.2) is 0 Å². The van der Waals surface area contributed by atoms with E-state index < -0.39 is 6.04 Å². The van der Waals surface area contributed by atoms with Crippen molar-refractivity contribution in [2.45, 2.75) is 18.9 Å². The maximum Gasteiger partial charge on any atom is 0.251 e. The third-order valence-corrected chi connectivity index (χ3v) is 5.05. The minimum Gasteiger partial charge on any atom is -0.355 e. The molecule has 2 N–H and O–H groups in total. The fraction of sp³-hybridized carbons (Fsp3) is 0.438. The van der Waals surface area contributed by atoms with Crippen molar-refractivity contribution in [3.8, 4) is 0 Å². The largest absolute Gasteiger partial charge is 0.355 e. The molecule has 1 aromatic carbocycles. The molecule has 6 nitrogen and oxygen atoms in total. The summed E-state index contributed by atoms with van der Waals surface area (Å²) < 4.78 is 0. The first kappa shape index (κ1) is 15.9. The van der Waals surface area contributed by atoms with Crippen LogP contribution < -0.4 is 10.6 Å². The average molecular weight is 333 g/mol. The molecule has 0 bridgehead atoms. The third kappa shape index (κ3) is 3.50. The van der Waals surface area contributed by atoms with Gasteiger partial charge < -0.3 is 15.5 Å². The Morgan fingerprint density at radius 3 is 2.48 bits per heavy atom. The number of nitrogens with zero attached hydrogens (tertiary/aromatic N) is 1. The van der Waals surface area contributed by atoms with Crippen molar-refractivity contribution in [3.63, 3.8) is 0 Å². The van der Waals surface area contributed by atoms with Crippen LogP contribution in [0.4, 0.5) is 5.69 Å². The van der Waals surface area contributed by atoms with Crippen molar-refractivity contribution in [2.75, 3.05) is 24.0 Å². The van der Waals surface area contributed by atoms with Gasteiger partial charge >= 0.3 is 0 Å². The number of amides is 3. The van der Waals surface area contributed by atoms with Gasteiger partial charge in [-0.1, -0.05) is 0 Å². The van der Waals surface area contributed by atoms with E-state index >= 15 is 0 Å². The summed E-state index contributed by atoms with van der Waals surface area (Å²) in [5.74, 6) is 1.10. The molecular weight excluding hydrogens is 314 g/mol. The Hall–Kier alpha value is -2.02. The molecule has 7 heteroatoms. The number of carbonyl (C=O) groups is 3. The van der Waals surface area contributed by atoms with Gasteiger partial charge in [0.2, 0.25) is 11.8 Å². The molecule has 0 unspecified atom stereocenters. The summed E-state index contributed by atoms with van der Waals surface area (Å²) in [6.45, 7) is 0. The second-order valence-corrected chi connectivity index (χ2v) is 6.74. The molecule has 0 radical (unpaired) electrons. The molecule has 2 aliphatic rings. The summed E-state index contributed by atoms with van der Waals surface area (Å²) in [6.07, 6.45) is 1.88. The number of anilines is 1. The zero-order valence-electron chi connectivity index (χ0n) is 12.9. The summed E-state index contributed by atoms with van der Waals surface area (Å²) in [4.78, 5) is 37.9. The number of hydrogen-bond donors (Lipinski definition) is 2. The van der Waals surface area contributed by atoms with Crippen LogP contribution in [-0.4, -0.2) is 47.3 Å². The second-order valence-electron chi connectivity index (χ2n) is 5.74. The summed E-state index contributed by atoms with van der Waals surface area (Å²) >= 11 is 1.60. The van der Waals surface area contributed by atoms with Gasteiger partial charge in [0, 0.05) is 30.0 Å². The fourth-order valence-corrected chi connectivity index (χ4v) is 3.68. The van der Waals surface area contributed by atoms with Crippen LogP contribution in [0.15, 0.2) is 24.3 Å². The molecule has 2 fully saturated rings. The molecule has 1 saturated heterocycles. The molecule has 1 atom stereocenters. The predicted molar refractivity (Wildman–Crippen MR) is 89.1 cm³/mol. The molecule has 23 heavy (non-hydrogen) atoms. The van der Waals surface area contributed by atoms with E-state index in [1.54, 1.807) is 48.0 Å². The van der Waals surface area contributed by atoms with E-state index in [1.165, 1.54) is 0 Å². The van der Waals surface area contributed by atoms with E-state index in [9.17, 15) is 14.4 Å². The van der Waals surface area contributed by atoms with Crippen molar-refractivity contribution in [3.05, 3.63) is 29.8 Å². The lowest BCUT2D eigenvalue weighted by atomic mass is 10.2. The number of hydrogen-bond acceptors (Lipinski definition) is 4. The lowest BCUT2D eigenvalue weighted by Gasteiger charge is -2.23. The summed E-state index contributed by atoms with van der Waals surface area (Å²) in [5, 5.41) is 5.38. The van der Waals surface area contributed by atoms with Crippen LogP contribution >= 0.6 is 11.8 Å². The van der Waals surface area contributed by atoms with Crippen molar-refractivity contribution in [1.29, 1.82) is 0 Å². The molecule has 0 spiro atoms. The fourth-order valence-electron chi connectivity index (χ4n) is 2.52. The molecule has 3 rings (SSSR count). The van der Waals surface area contributed by atoms with Crippen molar-refractivity contribution in [1.82, 2.24) is 10.2 Å². The number of benzene rings is 1. The quantitative estimate of drug-likeness (QED) is 0.870. The average Bonchev–Trinajstić information content (AvgIpc) is 3.30. The van der Waals surface area contributed by atoms with Crippen LogP contribution in [0.2, 0.25) is 0 Å². The first-order chi connectivity index (χ1) is 11.1. The normalized spacial score (nSPS) is 20.2. The lowest BCUT2D eigenvalue weighted by Crippen LogP contribution is -2.45. The smallest absolute Gasteiger partial charge is 0.251 e. The molecule has 1 heterocycles. The SMILES string of the molecule is CNC(=O)c1ccc(NC(=O)[C@@H]2CSCN2C(=O)C2CC2)cc1. The van der Waals surface area contributed by atoms with E-state index in [1.807, 2.05) is 0 Å². The Labute approximate surface area is 139 Å². The Balaban J connectivity index is 1.63. The van der Waals surface area contributed by atoms with E-state index in [4.69, 9.17) is 0 Å². The van der Waals surface area contributed by atoms with Crippen molar-refractivity contribution >= 4 is 35.2 Å². The molecule has 1 saturated carbocycles. The van der Waals surface area contributed by atoms with E-state index in [-0.39, 0.29) is 23.6 Å². The molecule has 1 aliphatic heterocycles. The highest BCUT2D eigenvalue weighted by Gasteiger charge is 2.41. The molecule has 1 aliphatic carbocycles. The zero-order chi connectivity index (χ0) is 16.4. The standard InChI is InChI=1S/C16H19N3O3S/c1-17-14(20)10-4-6-12(7-5-10)18-15(21)13-8-23-9-19(13)16(22)11-2-3-11/h4-7,11,13H,2-3,8-9H2,1H3,(H,17,20)(H,18,21)/t13-/m0/s1. The summed E-state index contributed by atoms with van der Waals surface area (Å²) in [7, 11) is 1.57. The van der Waals surface area contributed by atoms with Gasteiger partial charge in [0.25, 0.3) is 5.91 Å². The molecule has 122 valence electrons. The molecule has 3 amide bonds. The Kier molecular flexibility index (Phi) is 4.56. The Bertz CT molecular complexity index is 628.